The summed E-state index contributed by atoms with van der Waals surface area (Å²) < 4.78 is 6.18. The van der Waals surface area contributed by atoms with Crippen molar-refractivity contribution in [3.05, 3.63) is 59.9 Å². The zero-order chi connectivity index (χ0) is 21.5. The molecule has 0 spiro atoms. The van der Waals surface area contributed by atoms with Gasteiger partial charge >= 0.3 is 0 Å². The van der Waals surface area contributed by atoms with Crippen LogP contribution in [-0.2, 0) is 6.54 Å². The zero-order valence-corrected chi connectivity index (χ0v) is 18.5. The number of carbonyl (C=O) groups is 1. The first-order chi connectivity index (χ1) is 15.2. The average molecular weight is 423 g/mol. The van der Waals surface area contributed by atoms with E-state index in [1.54, 1.807) is 0 Å². The maximum absolute atomic E-state index is 12.5. The molecule has 0 radical (unpaired) electrons. The summed E-state index contributed by atoms with van der Waals surface area (Å²) in [5.41, 5.74) is 1.81. The van der Waals surface area contributed by atoms with E-state index in [2.05, 4.69) is 33.2 Å². The largest absolute Gasteiger partial charge is 0.490 e. The molecule has 2 aliphatic heterocycles. The Labute approximate surface area is 185 Å². The molecule has 2 saturated heterocycles. The Balaban J connectivity index is 1.19. The minimum Gasteiger partial charge on any atom is -0.490 e. The van der Waals surface area contributed by atoms with Crippen LogP contribution < -0.4 is 10.1 Å². The second-order valence-corrected chi connectivity index (χ2v) is 8.92. The SMILES string of the molecule is CN1CCC[C@H](CNC(=O)c2ccc(OC3CCN(Cc4ccccn4)CC3)cc2)C1. The van der Waals surface area contributed by atoms with Crippen molar-refractivity contribution in [1.82, 2.24) is 20.1 Å². The smallest absolute Gasteiger partial charge is 0.251 e. The number of pyridine rings is 1. The number of ether oxygens (including phenoxy) is 1. The van der Waals surface area contributed by atoms with Crippen LogP contribution in [0.4, 0.5) is 0 Å². The molecule has 1 amide bonds. The molecule has 3 heterocycles. The molecule has 6 heteroatoms. The number of hydrogen-bond donors (Lipinski definition) is 1. The second kappa shape index (κ2) is 10.7. The van der Waals surface area contributed by atoms with Crippen molar-refractivity contribution in [3.8, 4) is 5.75 Å². The van der Waals surface area contributed by atoms with Crippen LogP contribution in [0.1, 0.15) is 41.7 Å². The van der Waals surface area contributed by atoms with Gasteiger partial charge in [-0.15, -0.1) is 0 Å². The van der Waals surface area contributed by atoms with Gasteiger partial charge in [0.1, 0.15) is 11.9 Å². The number of likely N-dealkylation sites (tertiary alicyclic amines) is 2. The number of carbonyl (C=O) groups excluding carboxylic acids is 1. The molecule has 2 fully saturated rings. The van der Waals surface area contributed by atoms with Crippen LogP contribution in [0.25, 0.3) is 0 Å². The topological polar surface area (TPSA) is 57.7 Å². The zero-order valence-electron chi connectivity index (χ0n) is 18.5. The summed E-state index contributed by atoms with van der Waals surface area (Å²) in [6, 6.07) is 13.6. The first-order valence-corrected chi connectivity index (χ1v) is 11.5. The molecule has 1 aromatic heterocycles. The van der Waals surface area contributed by atoms with Gasteiger partial charge < -0.3 is 15.0 Å². The second-order valence-electron chi connectivity index (χ2n) is 8.92. The quantitative estimate of drug-likeness (QED) is 0.743. The van der Waals surface area contributed by atoms with Gasteiger partial charge in [0, 0.05) is 44.5 Å². The van der Waals surface area contributed by atoms with Crippen molar-refractivity contribution in [3.63, 3.8) is 0 Å². The lowest BCUT2D eigenvalue weighted by molar-refractivity contribution is 0.0934. The van der Waals surface area contributed by atoms with Gasteiger partial charge in [-0.2, -0.15) is 0 Å². The number of nitrogens with zero attached hydrogens (tertiary/aromatic N) is 3. The van der Waals surface area contributed by atoms with E-state index < -0.39 is 0 Å². The van der Waals surface area contributed by atoms with E-state index in [1.807, 2.05) is 42.6 Å². The van der Waals surface area contributed by atoms with Crippen molar-refractivity contribution < 1.29 is 9.53 Å². The Morgan fingerprint density at radius 2 is 1.90 bits per heavy atom. The van der Waals surface area contributed by atoms with Crippen molar-refractivity contribution in [2.24, 2.45) is 5.92 Å². The van der Waals surface area contributed by atoms with Crippen molar-refractivity contribution in [1.29, 1.82) is 0 Å². The Morgan fingerprint density at radius 1 is 1.10 bits per heavy atom. The monoisotopic (exact) mass is 422 g/mol. The first kappa shape index (κ1) is 21.8. The molecule has 2 aliphatic rings. The molecule has 1 N–H and O–H groups in total. The van der Waals surface area contributed by atoms with Crippen molar-refractivity contribution in [2.45, 2.75) is 38.3 Å². The summed E-state index contributed by atoms with van der Waals surface area (Å²) in [5, 5.41) is 3.10. The molecule has 4 rings (SSSR count). The molecular formula is C25H34N4O2. The summed E-state index contributed by atoms with van der Waals surface area (Å²) in [5.74, 6) is 1.39. The van der Waals surface area contributed by atoms with E-state index >= 15 is 0 Å². The van der Waals surface area contributed by atoms with Gasteiger partial charge in [-0.1, -0.05) is 6.07 Å². The molecular weight excluding hydrogens is 388 g/mol. The normalized spacial score (nSPS) is 21.0. The number of piperidine rings is 2. The first-order valence-electron chi connectivity index (χ1n) is 11.5. The van der Waals surface area contributed by atoms with Gasteiger partial charge in [0.05, 0.1) is 5.69 Å². The van der Waals surface area contributed by atoms with Crippen LogP contribution >= 0.6 is 0 Å². The summed E-state index contributed by atoms with van der Waals surface area (Å²) in [6.45, 7) is 5.89. The highest BCUT2D eigenvalue weighted by Crippen LogP contribution is 2.21. The maximum Gasteiger partial charge on any atom is 0.251 e. The summed E-state index contributed by atoms with van der Waals surface area (Å²) in [7, 11) is 2.15. The summed E-state index contributed by atoms with van der Waals surface area (Å²) in [6.07, 6.45) is 6.49. The number of hydrogen-bond acceptors (Lipinski definition) is 5. The Hall–Kier alpha value is -2.44. The highest BCUT2D eigenvalue weighted by molar-refractivity contribution is 5.94. The lowest BCUT2D eigenvalue weighted by atomic mass is 9.98. The Bertz CT molecular complexity index is 819. The van der Waals surface area contributed by atoms with Crippen LogP contribution in [0.2, 0.25) is 0 Å². The number of aromatic nitrogens is 1. The van der Waals surface area contributed by atoms with E-state index in [1.165, 1.54) is 12.8 Å². The third-order valence-electron chi connectivity index (χ3n) is 6.34. The average Bonchev–Trinajstić information content (AvgIpc) is 2.80. The standard InChI is InChI=1S/C25H34N4O2/c1-28-14-4-5-20(18-28)17-27-25(30)21-7-9-23(10-8-21)31-24-11-15-29(16-12-24)19-22-6-2-3-13-26-22/h2-3,6-10,13,20,24H,4-5,11-12,14-19H2,1H3,(H,27,30)/t20-/m1/s1. The van der Waals surface area contributed by atoms with Crippen LogP contribution in [0.3, 0.4) is 0 Å². The minimum atomic E-state index is 0.00241. The van der Waals surface area contributed by atoms with Gasteiger partial charge in [-0.25, -0.2) is 0 Å². The van der Waals surface area contributed by atoms with E-state index in [0.717, 1.165) is 63.6 Å². The predicted octanol–water partition coefficient (Wildman–Crippen LogP) is 3.20. The number of nitrogens with one attached hydrogen (secondary N) is 1. The number of amides is 1. The Morgan fingerprint density at radius 3 is 2.61 bits per heavy atom. The fourth-order valence-electron chi connectivity index (χ4n) is 4.56. The molecule has 6 nitrogen and oxygen atoms in total. The minimum absolute atomic E-state index is 0.00241. The van der Waals surface area contributed by atoms with Gasteiger partial charge in [0.25, 0.3) is 5.91 Å². The molecule has 0 saturated carbocycles. The van der Waals surface area contributed by atoms with E-state index in [-0.39, 0.29) is 12.0 Å². The fourth-order valence-corrected chi connectivity index (χ4v) is 4.56. The van der Waals surface area contributed by atoms with Gasteiger partial charge in [-0.05, 0) is 81.6 Å². The summed E-state index contributed by atoms with van der Waals surface area (Å²) in [4.78, 5) is 21.7. The highest BCUT2D eigenvalue weighted by atomic mass is 16.5. The molecule has 166 valence electrons. The van der Waals surface area contributed by atoms with E-state index in [9.17, 15) is 4.79 Å². The highest BCUT2D eigenvalue weighted by Gasteiger charge is 2.21. The third-order valence-corrected chi connectivity index (χ3v) is 6.34. The van der Waals surface area contributed by atoms with E-state index in [0.29, 0.717) is 11.5 Å². The van der Waals surface area contributed by atoms with Crippen LogP contribution in [0.15, 0.2) is 48.7 Å². The number of rotatable bonds is 7. The lowest BCUT2D eigenvalue weighted by Gasteiger charge is -2.31. The van der Waals surface area contributed by atoms with Crippen molar-refractivity contribution in [2.75, 3.05) is 39.8 Å². The van der Waals surface area contributed by atoms with Crippen LogP contribution in [-0.4, -0.2) is 66.6 Å². The van der Waals surface area contributed by atoms with Crippen molar-refractivity contribution >= 4 is 5.91 Å². The van der Waals surface area contributed by atoms with Gasteiger partial charge in [0.2, 0.25) is 0 Å². The molecule has 1 aromatic carbocycles. The van der Waals surface area contributed by atoms with Crippen LogP contribution in [0, 0.1) is 5.92 Å². The van der Waals surface area contributed by atoms with Gasteiger partial charge in [-0.3, -0.25) is 14.7 Å². The van der Waals surface area contributed by atoms with E-state index in [4.69, 9.17) is 4.74 Å². The third kappa shape index (κ3) is 6.52. The Kier molecular flexibility index (Phi) is 7.54. The maximum atomic E-state index is 12.5. The molecule has 31 heavy (non-hydrogen) atoms. The molecule has 1 atom stereocenters. The molecule has 0 bridgehead atoms. The summed E-state index contributed by atoms with van der Waals surface area (Å²) >= 11 is 0. The number of benzene rings is 1. The lowest BCUT2D eigenvalue weighted by Crippen LogP contribution is -2.39. The molecule has 0 aliphatic carbocycles. The van der Waals surface area contributed by atoms with Gasteiger partial charge in [0.15, 0.2) is 0 Å². The molecule has 2 aromatic rings. The predicted molar refractivity (Wildman–Crippen MR) is 122 cm³/mol. The molecule has 0 unspecified atom stereocenters. The van der Waals surface area contributed by atoms with Crippen LogP contribution in [0.5, 0.6) is 5.75 Å². The fraction of sp³-hybridized carbons (Fsp3) is 0.520.